The summed E-state index contributed by atoms with van der Waals surface area (Å²) in [5, 5.41) is 1.32. The van der Waals surface area contributed by atoms with E-state index in [2.05, 4.69) is 0 Å². The number of halogens is 1. The van der Waals surface area contributed by atoms with Gasteiger partial charge in [0.05, 0.1) is 29.3 Å². The van der Waals surface area contributed by atoms with Crippen LogP contribution in [0, 0.1) is 0 Å². The number of carbonyl (C=O) groups excluding carboxylic acids is 1. The van der Waals surface area contributed by atoms with Gasteiger partial charge in [0.2, 0.25) is 0 Å². The molecule has 3 aromatic rings. The Kier molecular flexibility index (Phi) is 6.18. The Hall–Kier alpha value is -2.99. The van der Waals surface area contributed by atoms with Gasteiger partial charge >= 0.3 is 11.6 Å². The van der Waals surface area contributed by atoms with Crippen LogP contribution < -0.4 is 15.3 Å². The Balaban J connectivity index is 1.63. The first-order valence-corrected chi connectivity index (χ1v) is 10.8. The third kappa shape index (κ3) is 4.26. The fourth-order valence-corrected chi connectivity index (χ4v) is 3.99. The second kappa shape index (κ2) is 9.02. The summed E-state index contributed by atoms with van der Waals surface area (Å²) in [4.78, 5) is 26.2. The molecule has 0 amide bonds. The van der Waals surface area contributed by atoms with Gasteiger partial charge in [-0.1, -0.05) is 31.9 Å². The van der Waals surface area contributed by atoms with E-state index in [0.29, 0.717) is 41.5 Å². The average Bonchev–Trinajstić information content (AvgIpc) is 2.79. The molecule has 0 saturated heterocycles. The van der Waals surface area contributed by atoms with Gasteiger partial charge in [0, 0.05) is 17.1 Å². The van der Waals surface area contributed by atoms with E-state index in [4.69, 9.17) is 25.5 Å². The third-order valence-electron chi connectivity index (χ3n) is 5.42. The van der Waals surface area contributed by atoms with Gasteiger partial charge in [-0.15, -0.1) is 0 Å². The van der Waals surface area contributed by atoms with Crippen molar-refractivity contribution in [3.05, 3.63) is 68.5 Å². The van der Waals surface area contributed by atoms with Gasteiger partial charge in [-0.05, 0) is 48.7 Å². The van der Waals surface area contributed by atoms with Crippen molar-refractivity contribution in [2.45, 2.75) is 39.7 Å². The first kappa shape index (κ1) is 21.2. The lowest BCUT2D eigenvalue weighted by atomic mass is 10.0. The predicted molar refractivity (Wildman–Crippen MR) is 120 cm³/mol. The van der Waals surface area contributed by atoms with Gasteiger partial charge in [0.25, 0.3) is 0 Å². The summed E-state index contributed by atoms with van der Waals surface area (Å²) in [6.45, 7) is 5.21. The molecule has 1 aliphatic rings. The minimum atomic E-state index is -0.392. The number of fused-ring (bicyclic) bond motifs is 3. The smallest absolute Gasteiger partial charge is 0.338 e. The molecular formula is C24H24ClNO5. The maximum atomic E-state index is 12.1. The molecule has 6 nitrogen and oxygen atoms in total. The standard InChI is InChI=1S/C24H24ClNO5/c1-3-5-10-29-24(28)16-6-8-17(9-7-16)26-13-19-22-18(12-20(25)23(19)30-14-26)15(4-2)11-21(27)31-22/h6-9,11-12H,3-5,10,13-14H2,1-2H3. The maximum absolute atomic E-state index is 12.1. The van der Waals surface area contributed by atoms with Gasteiger partial charge in [-0.2, -0.15) is 0 Å². The van der Waals surface area contributed by atoms with E-state index in [9.17, 15) is 9.59 Å². The molecule has 0 unspecified atom stereocenters. The van der Waals surface area contributed by atoms with Crippen molar-refractivity contribution in [2.24, 2.45) is 0 Å². The quantitative estimate of drug-likeness (QED) is 0.293. The predicted octanol–water partition coefficient (Wildman–Crippen LogP) is 5.32. The molecule has 0 aliphatic carbocycles. The van der Waals surface area contributed by atoms with E-state index in [0.717, 1.165) is 35.0 Å². The number of ether oxygens (including phenoxy) is 2. The van der Waals surface area contributed by atoms with Crippen LogP contribution in [0.5, 0.6) is 5.75 Å². The number of aryl methyl sites for hydroxylation is 1. The van der Waals surface area contributed by atoms with Gasteiger partial charge < -0.3 is 18.8 Å². The lowest BCUT2D eigenvalue weighted by molar-refractivity contribution is 0.0500. The van der Waals surface area contributed by atoms with Crippen LogP contribution in [0.4, 0.5) is 5.69 Å². The molecule has 0 radical (unpaired) electrons. The Labute approximate surface area is 185 Å². The molecule has 7 heteroatoms. The Morgan fingerprint density at radius 3 is 2.68 bits per heavy atom. The fourth-order valence-electron chi connectivity index (χ4n) is 3.71. The first-order valence-electron chi connectivity index (χ1n) is 10.4. The Morgan fingerprint density at radius 1 is 1.19 bits per heavy atom. The number of unbranched alkanes of at least 4 members (excludes halogenated alkanes) is 1. The van der Waals surface area contributed by atoms with Crippen molar-refractivity contribution >= 4 is 34.2 Å². The highest BCUT2D eigenvalue weighted by molar-refractivity contribution is 6.33. The van der Waals surface area contributed by atoms with E-state index < -0.39 is 5.63 Å². The van der Waals surface area contributed by atoms with Crippen LogP contribution >= 0.6 is 11.6 Å². The zero-order chi connectivity index (χ0) is 22.0. The molecular weight excluding hydrogens is 418 g/mol. The van der Waals surface area contributed by atoms with Crippen molar-refractivity contribution in [3.63, 3.8) is 0 Å². The largest absolute Gasteiger partial charge is 0.471 e. The van der Waals surface area contributed by atoms with Crippen LogP contribution in [-0.2, 0) is 17.7 Å². The second-order valence-corrected chi connectivity index (χ2v) is 7.90. The summed E-state index contributed by atoms with van der Waals surface area (Å²) in [6, 6.07) is 10.5. The maximum Gasteiger partial charge on any atom is 0.338 e. The van der Waals surface area contributed by atoms with Crippen molar-refractivity contribution < 1.29 is 18.7 Å². The van der Waals surface area contributed by atoms with E-state index >= 15 is 0 Å². The van der Waals surface area contributed by atoms with Crippen molar-refractivity contribution in [3.8, 4) is 5.75 Å². The number of esters is 1. The van der Waals surface area contributed by atoms with Gasteiger partial charge in [0.15, 0.2) is 6.73 Å². The lowest BCUT2D eigenvalue weighted by Gasteiger charge is -2.31. The minimum absolute atomic E-state index is 0.288. The minimum Gasteiger partial charge on any atom is -0.471 e. The Bertz CT molecular complexity index is 1170. The third-order valence-corrected chi connectivity index (χ3v) is 5.70. The average molecular weight is 442 g/mol. The molecule has 2 aromatic carbocycles. The van der Waals surface area contributed by atoms with Crippen LogP contribution in [0.1, 0.15) is 48.2 Å². The molecule has 4 rings (SSSR count). The van der Waals surface area contributed by atoms with Gasteiger partial charge in [-0.25, -0.2) is 9.59 Å². The number of nitrogens with zero attached hydrogens (tertiary/aromatic N) is 1. The molecule has 0 saturated carbocycles. The van der Waals surface area contributed by atoms with Crippen molar-refractivity contribution in [1.82, 2.24) is 0 Å². The molecule has 0 fully saturated rings. The number of hydrogen-bond acceptors (Lipinski definition) is 6. The zero-order valence-electron chi connectivity index (χ0n) is 17.6. The topological polar surface area (TPSA) is 69.0 Å². The van der Waals surface area contributed by atoms with Crippen molar-refractivity contribution in [1.29, 1.82) is 0 Å². The molecule has 0 spiro atoms. The van der Waals surface area contributed by atoms with Gasteiger partial charge in [0.1, 0.15) is 11.3 Å². The van der Waals surface area contributed by atoms with Crippen molar-refractivity contribution in [2.75, 3.05) is 18.2 Å². The molecule has 0 bridgehead atoms. The normalized spacial score (nSPS) is 13.1. The molecule has 0 N–H and O–H groups in total. The summed E-state index contributed by atoms with van der Waals surface area (Å²) in [5.41, 5.74) is 3.12. The van der Waals surface area contributed by atoms with E-state index in [-0.39, 0.29) is 12.7 Å². The van der Waals surface area contributed by atoms with Crippen LogP contribution in [0.25, 0.3) is 11.0 Å². The summed E-state index contributed by atoms with van der Waals surface area (Å²) in [7, 11) is 0. The van der Waals surface area contributed by atoms with Crippen LogP contribution in [0.2, 0.25) is 5.02 Å². The Morgan fingerprint density at radius 2 is 1.97 bits per heavy atom. The molecule has 2 heterocycles. The fraction of sp³-hybridized carbons (Fsp3) is 0.333. The number of benzene rings is 2. The summed E-state index contributed by atoms with van der Waals surface area (Å²) >= 11 is 6.48. The van der Waals surface area contributed by atoms with Crippen LogP contribution in [0.15, 0.2) is 45.6 Å². The van der Waals surface area contributed by atoms with E-state index in [1.54, 1.807) is 18.2 Å². The zero-order valence-corrected chi connectivity index (χ0v) is 18.3. The molecule has 0 atom stereocenters. The summed E-state index contributed by atoms with van der Waals surface area (Å²) < 4.78 is 16.7. The second-order valence-electron chi connectivity index (χ2n) is 7.49. The summed E-state index contributed by atoms with van der Waals surface area (Å²) in [6.07, 6.45) is 2.51. The molecule has 31 heavy (non-hydrogen) atoms. The monoisotopic (exact) mass is 441 g/mol. The number of rotatable bonds is 6. The number of carbonyl (C=O) groups is 1. The van der Waals surface area contributed by atoms with E-state index in [1.807, 2.05) is 30.9 Å². The van der Waals surface area contributed by atoms with Crippen LogP contribution in [-0.4, -0.2) is 19.3 Å². The lowest BCUT2D eigenvalue weighted by Crippen LogP contribution is -2.32. The SMILES string of the molecule is CCCCOC(=O)c1ccc(N2COc3c(Cl)cc4c(CC)cc(=O)oc4c3C2)cc1. The highest BCUT2D eigenvalue weighted by atomic mass is 35.5. The van der Waals surface area contributed by atoms with Crippen LogP contribution in [0.3, 0.4) is 0 Å². The molecule has 1 aromatic heterocycles. The van der Waals surface area contributed by atoms with Gasteiger partial charge in [-0.3, -0.25) is 0 Å². The van der Waals surface area contributed by atoms with E-state index in [1.165, 1.54) is 6.07 Å². The highest BCUT2D eigenvalue weighted by Crippen LogP contribution is 2.40. The molecule has 162 valence electrons. The highest BCUT2D eigenvalue weighted by Gasteiger charge is 2.25. The number of anilines is 1. The molecule has 1 aliphatic heterocycles. The first-order chi connectivity index (χ1) is 15.0. The number of hydrogen-bond donors (Lipinski definition) is 0. The summed E-state index contributed by atoms with van der Waals surface area (Å²) in [5.74, 6) is 0.213.